The second-order valence-corrected chi connectivity index (χ2v) is 8.38. The van der Waals surface area contributed by atoms with Crippen molar-refractivity contribution in [1.82, 2.24) is 20.0 Å². The molecule has 2 aromatic heterocycles. The summed E-state index contributed by atoms with van der Waals surface area (Å²) in [6, 6.07) is 10.7. The van der Waals surface area contributed by atoms with Gasteiger partial charge in [0.15, 0.2) is 0 Å². The number of aliphatic hydroxyl groups is 1. The smallest absolute Gasteiger partial charge is 0.204 e. The molecule has 4 aromatic rings. The molecule has 0 unspecified atom stereocenters. The lowest BCUT2D eigenvalue weighted by molar-refractivity contribution is 0.143. The van der Waals surface area contributed by atoms with E-state index in [9.17, 15) is 9.50 Å². The minimum atomic E-state index is -1.07. The third kappa shape index (κ3) is 3.39. The van der Waals surface area contributed by atoms with E-state index in [1.165, 1.54) is 12.1 Å². The highest BCUT2D eigenvalue weighted by molar-refractivity contribution is 6.08. The summed E-state index contributed by atoms with van der Waals surface area (Å²) in [5, 5.41) is 19.9. The Hall–Kier alpha value is -3.50. The summed E-state index contributed by atoms with van der Waals surface area (Å²) >= 11 is 0. The summed E-state index contributed by atoms with van der Waals surface area (Å²) < 4.78 is 15.9. The molecule has 0 radical (unpaired) electrons. The molecule has 31 heavy (non-hydrogen) atoms. The standard InChI is InChI=1S/C24H22FN5O/c1-24(2,31)12-11-15-6-4-8-20-17(15)7-5-13-30(20)23-19-14-16(25)9-10-18(19)21-22(26-23)27-28-29(21)3/h4,6,8-10,14,31H,5,7,13H2,1-3H3. The van der Waals surface area contributed by atoms with Gasteiger partial charge in [-0.1, -0.05) is 23.1 Å². The molecule has 0 aliphatic carbocycles. The highest BCUT2D eigenvalue weighted by atomic mass is 19.1. The number of aryl methyl sites for hydroxylation is 1. The first kappa shape index (κ1) is 19.5. The molecule has 2 aromatic carbocycles. The third-order valence-electron chi connectivity index (χ3n) is 5.51. The van der Waals surface area contributed by atoms with Crippen LogP contribution in [0.15, 0.2) is 36.4 Å². The maximum atomic E-state index is 14.3. The Morgan fingerprint density at radius 3 is 2.81 bits per heavy atom. The highest BCUT2D eigenvalue weighted by Gasteiger charge is 2.25. The van der Waals surface area contributed by atoms with Gasteiger partial charge in [-0.2, -0.15) is 0 Å². The Morgan fingerprint density at radius 2 is 2.00 bits per heavy atom. The van der Waals surface area contributed by atoms with Gasteiger partial charge < -0.3 is 10.0 Å². The molecule has 5 rings (SSSR count). The molecule has 7 heteroatoms. The van der Waals surface area contributed by atoms with Gasteiger partial charge >= 0.3 is 0 Å². The molecule has 3 heterocycles. The highest BCUT2D eigenvalue weighted by Crippen LogP contribution is 2.39. The van der Waals surface area contributed by atoms with Crippen molar-refractivity contribution in [3.05, 3.63) is 53.3 Å². The molecule has 0 spiro atoms. The summed E-state index contributed by atoms with van der Waals surface area (Å²) in [5.74, 6) is 6.39. The average Bonchev–Trinajstić information content (AvgIpc) is 3.11. The third-order valence-corrected chi connectivity index (χ3v) is 5.51. The first-order valence-electron chi connectivity index (χ1n) is 10.3. The fourth-order valence-corrected chi connectivity index (χ4v) is 4.17. The Bertz CT molecular complexity index is 1390. The van der Waals surface area contributed by atoms with Gasteiger partial charge in [-0.25, -0.2) is 14.1 Å². The summed E-state index contributed by atoms with van der Waals surface area (Å²) in [6.07, 6.45) is 1.79. The van der Waals surface area contributed by atoms with Crippen molar-refractivity contribution in [2.45, 2.75) is 32.3 Å². The van der Waals surface area contributed by atoms with Crippen LogP contribution < -0.4 is 4.90 Å². The zero-order valence-corrected chi connectivity index (χ0v) is 17.6. The van der Waals surface area contributed by atoms with Crippen molar-refractivity contribution < 1.29 is 9.50 Å². The number of hydrogen-bond donors (Lipinski definition) is 1. The summed E-state index contributed by atoms with van der Waals surface area (Å²) in [7, 11) is 1.81. The Labute approximate surface area is 179 Å². The number of pyridine rings is 1. The lowest BCUT2D eigenvalue weighted by Gasteiger charge is -2.32. The number of aromatic nitrogens is 4. The van der Waals surface area contributed by atoms with E-state index in [-0.39, 0.29) is 5.82 Å². The number of fused-ring (bicyclic) bond motifs is 4. The van der Waals surface area contributed by atoms with Crippen LogP contribution in [0.2, 0.25) is 0 Å². The second kappa shape index (κ2) is 7.03. The first-order chi connectivity index (χ1) is 14.8. The number of nitrogens with zero attached hydrogens (tertiary/aromatic N) is 5. The maximum absolute atomic E-state index is 14.3. The van der Waals surface area contributed by atoms with E-state index >= 15 is 0 Å². The molecule has 6 nitrogen and oxygen atoms in total. The van der Waals surface area contributed by atoms with Crippen molar-refractivity contribution in [1.29, 1.82) is 0 Å². The quantitative estimate of drug-likeness (QED) is 0.478. The van der Waals surface area contributed by atoms with Crippen molar-refractivity contribution in [2.24, 2.45) is 7.05 Å². The van der Waals surface area contributed by atoms with Crippen LogP contribution in [0.3, 0.4) is 0 Å². The van der Waals surface area contributed by atoms with Gasteiger partial charge in [0.25, 0.3) is 0 Å². The van der Waals surface area contributed by atoms with E-state index in [4.69, 9.17) is 4.98 Å². The molecule has 0 saturated carbocycles. The summed E-state index contributed by atoms with van der Waals surface area (Å²) in [6.45, 7) is 4.09. The molecule has 1 N–H and O–H groups in total. The SMILES string of the molecule is Cn1nnc2nc(N3CCCc4c(C#CC(C)(C)O)cccc43)c3cc(F)ccc3c21. The van der Waals surface area contributed by atoms with Gasteiger partial charge in [0.2, 0.25) is 5.65 Å². The molecule has 0 bridgehead atoms. The van der Waals surface area contributed by atoms with Crippen molar-refractivity contribution >= 4 is 33.4 Å². The summed E-state index contributed by atoms with van der Waals surface area (Å²) in [4.78, 5) is 6.91. The molecule has 0 atom stereocenters. The number of anilines is 2. The monoisotopic (exact) mass is 415 g/mol. The van der Waals surface area contributed by atoms with Crippen LogP contribution in [0.4, 0.5) is 15.9 Å². The van der Waals surface area contributed by atoms with Crippen LogP contribution in [0.1, 0.15) is 31.4 Å². The lowest BCUT2D eigenvalue weighted by Crippen LogP contribution is -2.26. The van der Waals surface area contributed by atoms with Gasteiger partial charge in [0.1, 0.15) is 22.8 Å². The zero-order chi connectivity index (χ0) is 21.8. The molecular weight excluding hydrogens is 393 g/mol. The van der Waals surface area contributed by atoms with Crippen LogP contribution >= 0.6 is 0 Å². The fourth-order valence-electron chi connectivity index (χ4n) is 4.17. The van der Waals surface area contributed by atoms with Crippen LogP contribution in [0.5, 0.6) is 0 Å². The molecular formula is C24H22FN5O. The minimum Gasteiger partial charge on any atom is -0.378 e. The van der Waals surface area contributed by atoms with Crippen LogP contribution in [0.25, 0.3) is 21.9 Å². The molecule has 0 saturated heterocycles. The normalized spacial score (nSPS) is 13.9. The van der Waals surface area contributed by atoms with Crippen molar-refractivity contribution in [2.75, 3.05) is 11.4 Å². The van der Waals surface area contributed by atoms with Crippen molar-refractivity contribution in [3.8, 4) is 11.8 Å². The zero-order valence-electron chi connectivity index (χ0n) is 17.6. The van der Waals surface area contributed by atoms with E-state index in [2.05, 4.69) is 27.1 Å². The molecule has 0 fully saturated rings. The van der Waals surface area contributed by atoms with Crippen LogP contribution in [-0.4, -0.2) is 37.2 Å². The minimum absolute atomic E-state index is 0.313. The maximum Gasteiger partial charge on any atom is 0.204 e. The van der Waals surface area contributed by atoms with E-state index in [0.717, 1.165) is 52.5 Å². The predicted octanol–water partition coefficient (Wildman–Crippen LogP) is 3.86. The van der Waals surface area contributed by atoms with Gasteiger partial charge in [-0.15, -0.1) is 5.10 Å². The Morgan fingerprint density at radius 1 is 1.16 bits per heavy atom. The fraction of sp³-hybridized carbons (Fsp3) is 0.292. The number of benzene rings is 2. The molecule has 1 aliphatic heterocycles. The van der Waals surface area contributed by atoms with Crippen molar-refractivity contribution in [3.63, 3.8) is 0 Å². The largest absolute Gasteiger partial charge is 0.378 e. The van der Waals surface area contributed by atoms with E-state index < -0.39 is 5.60 Å². The topological polar surface area (TPSA) is 67.1 Å². The second-order valence-electron chi connectivity index (χ2n) is 8.38. The van der Waals surface area contributed by atoms with Crippen LogP contribution in [-0.2, 0) is 13.5 Å². The summed E-state index contributed by atoms with van der Waals surface area (Å²) in [5.41, 5.74) is 3.23. The van der Waals surface area contributed by atoms with Gasteiger partial charge in [0, 0.05) is 35.6 Å². The van der Waals surface area contributed by atoms with E-state index in [1.807, 2.05) is 25.2 Å². The number of hydrogen-bond acceptors (Lipinski definition) is 5. The van der Waals surface area contributed by atoms with Crippen LogP contribution in [0, 0.1) is 17.7 Å². The van der Waals surface area contributed by atoms with Gasteiger partial charge in [-0.05, 0) is 62.6 Å². The van der Waals surface area contributed by atoms with E-state index in [0.29, 0.717) is 11.5 Å². The molecule has 156 valence electrons. The Balaban J connectivity index is 1.74. The predicted molar refractivity (Wildman–Crippen MR) is 119 cm³/mol. The molecule has 1 aliphatic rings. The van der Waals surface area contributed by atoms with Gasteiger partial charge in [0.05, 0.1) is 0 Å². The molecule has 0 amide bonds. The van der Waals surface area contributed by atoms with Gasteiger partial charge in [-0.3, -0.25) is 0 Å². The number of rotatable bonds is 1. The lowest BCUT2D eigenvalue weighted by atomic mass is 9.95. The number of halogens is 1. The Kier molecular flexibility index (Phi) is 4.42. The first-order valence-corrected chi connectivity index (χ1v) is 10.3. The van der Waals surface area contributed by atoms with E-state index in [1.54, 1.807) is 24.6 Å². The average molecular weight is 415 g/mol.